The first kappa shape index (κ1) is 17.0. The van der Waals surface area contributed by atoms with Crippen LogP contribution >= 0.6 is 0 Å². The molecule has 3 heterocycles. The van der Waals surface area contributed by atoms with Crippen LogP contribution in [0.2, 0.25) is 0 Å². The molecule has 3 N–H and O–H groups in total. The van der Waals surface area contributed by atoms with E-state index in [-0.39, 0.29) is 5.91 Å². The zero-order chi connectivity index (χ0) is 18.8. The number of aromatic amines is 2. The summed E-state index contributed by atoms with van der Waals surface area (Å²) < 4.78 is 1.90. The molecule has 1 amide bonds. The fraction of sp³-hybridized carbons (Fsp3) is 0.278. The molecule has 4 aromatic rings. The van der Waals surface area contributed by atoms with Crippen molar-refractivity contribution in [3.8, 4) is 11.4 Å². The molecule has 0 spiro atoms. The highest BCUT2D eigenvalue weighted by molar-refractivity contribution is 6.08. The normalized spacial score (nSPS) is 11.4. The van der Waals surface area contributed by atoms with Crippen LogP contribution in [0.25, 0.3) is 22.3 Å². The summed E-state index contributed by atoms with van der Waals surface area (Å²) >= 11 is 0. The van der Waals surface area contributed by atoms with Gasteiger partial charge < -0.3 is 10.3 Å². The van der Waals surface area contributed by atoms with Crippen molar-refractivity contribution in [2.75, 3.05) is 0 Å². The van der Waals surface area contributed by atoms with Crippen LogP contribution in [0.5, 0.6) is 0 Å². The minimum atomic E-state index is -0.166. The predicted molar refractivity (Wildman–Crippen MR) is 99.7 cm³/mol. The smallest absolute Gasteiger partial charge is 0.253 e. The number of carbonyl (C=O) groups is 1. The molecule has 138 valence electrons. The molecule has 0 aliphatic rings. The number of tetrazole rings is 1. The van der Waals surface area contributed by atoms with E-state index in [4.69, 9.17) is 0 Å². The van der Waals surface area contributed by atoms with Gasteiger partial charge in [-0.1, -0.05) is 26.0 Å². The molecule has 0 saturated carbocycles. The lowest BCUT2D eigenvalue weighted by atomic mass is 10.1. The number of fused-ring (bicyclic) bond motifs is 1. The van der Waals surface area contributed by atoms with E-state index in [0.29, 0.717) is 23.9 Å². The van der Waals surface area contributed by atoms with Crippen molar-refractivity contribution < 1.29 is 4.79 Å². The quantitative estimate of drug-likeness (QED) is 0.484. The predicted octanol–water partition coefficient (Wildman–Crippen LogP) is 2.13. The van der Waals surface area contributed by atoms with Gasteiger partial charge in [0, 0.05) is 29.9 Å². The third-order valence-corrected chi connectivity index (χ3v) is 4.22. The summed E-state index contributed by atoms with van der Waals surface area (Å²) in [6.45, 7) is 5.51. The topological polar surface area (TPSA) is 117 Å². The summed E-state index contributed by atoms with van der Waals surface area (Å²) in [5.41, 5.74) is 2.92. The lowest BCUT2D eigenvalue weighted by Crippen LogP contribution is -2.23. The van der Waals surface area contributed by atoms with Gasteiger partial charge >= 0.3 is 0 Å². The van der Waals surface area contributed by atoms with Crippen LogP contribution in [0.3, 0.4) is 0 Å². The fourth-order valence-electron chi connectivity index (χ4n) is 3.04. The molecule has 0 aliphatic carbocycles. The minimum Gasteiger partial charge on any atom is -0.360 e. The number of hydrogen-bond donors (Lipinski definition) is 3. The van der Waals surface area contributed by atoms with Crippen LogP contribution in [0.1, 0.15) is 29.9 Å². The van der Waals surface area contributed by atoms with Gasteiger partial charge in [0.1, 0.15) is 0 Å². The lowest BCUT2D eigenvalue weighted by Gasteiger charge is -2.06. The first-order valence-corrected chi connectivity index (χ1v) is 8.76. The Hall–Kier alpha value is -3.49. The molecule has 1 aromatic carbocycles. The largest absolute Gasteiger partial charge is 0.360 e. The number of para-hydroxylation sites is 1. The number of nitrogens with zero attached hydrogens (tertiary/aromatic N) is 5. The zero-order valence-corrected chi connectivity index (χ0v) is 15.1. The number of hydrogen-bond acceptors (Lipinski definition) is 5. The maximum absolute atomic E-state index is 12.7. The number of aromatic nitrogens is 7. The standard InChI is InChI=1S/C18H20N8O/c1-11(2)10-26-7-6-12(23-26)8-20-18(27)14-5-3-4-13-15(9-19-16(13)14)17-21-24-25-22-17/h3-7,9,11,19H,8,10H2,1-2H3,(H,20,27)(H,21,22,24,25). The van der Waals surface area contributed by atoms with Gasteiger partial charge in [-0.25, -0.2) is 0 Å². The van der Waals surface area contributed by atoms with Crippen molar-refractivity contribution in [2.24, 2.45) is 5.92 Å². The maximum atomic E-state index is 12.7. The van der Waals surface area contributed by atoms with Crippen LogP contribution in [0.15, 0.2) is 36.7 Å². The molecule has 3 aromatic heterocycles. The van der Waals surface area contributed by atoms with E-state index in [9.17, 15) is 4.79 Å². The highest BCUT2D eigenvalue weighted by atomic mass is 16.1. The number of nitrogens with one attached hydrogen (secondary N) is 3. The number of amides is 1. The molecule has 0 fully saturated rings. The zero-order valence-electron chi connectivity index (χ0n) is 15.1. The molecule has 0 saturated heterocycles. The molecule has 0 unspecified atom stereocenters. The van der Waals surface area contributed by atoms with E-state index in [1.807, 2.05) is 29.1 Å². The van der Waals surface area contributed by atoms with E-state index in [2.05, 4.69) is 49.9 Å². The lowest BCUT2D eigenvalue weighted by molar-refractivity contribution is 0.0952. The third-order valence-electron chi connectivity index (χ3n) is 4.22. The molecule has 0 bridgehead atoms. The monoisotopic (exact) mass is 364 g/mol. The van der Waals surface area contributed by atoms with Crippen molar-refractivity contribution >= 4 is 16.8 Å². The van der Waals surface area contributed by atoms with Crippen molar-refractivity contribution in [3.63, 3.8) is 0 Å². The SMILES string of the molecule is CC(C)Cn1ccc(CNC(=O)c2cccc3c(-c4nn[nH]n4)c[nH]c23)n1. The van der Waals surface area contributed by atoms with Crippen molar-refractivity contribution in [1.29, 1.82) is 0 Å². The average molecular weight is 364 g/mol. The second-order valence-corrected chi connectivity index (χ2v) is 6.77. The van der Waals surface area contributed by atoms with Crippen LogP contribution in [0.4, 0.5) is 0 Å². The fourth-order valence-corrected chi connectivity index (χ4v) is 3.04. The Morgan fingerprint density at radius 3 is 2.96 bits per heavy atom. The van der Waals surface area contributed by atoms with Gasteiger partial charge in [0.25, 0.3) is 5.91 Å². The minimum absolute atomic E-state index is 0.166. The van der Waals surface area contributed by atoms with Crippen LogP contribution < -0.4 is 5.32 Å². The Morgan fingerprint density at radius 2 is 2.19 bits per heavy atom. The second kappa shape index (κ2) is 7.02. The van der Waals surface area contributed by atoms with Gasteiger partial charge in [-0.05, 0) is 23.3 Å². The third kappa shape index (κ3) is 3.43. The van der Waals surface area contributed by atoms with Gasteiger partial charge in [-0.15, -0.1) is 10.2 Å². The highest BCUT2D eigenvalue weighted by Crippen LogP contribution is 2.27. The van der Waals surface area contributed by atoms with Gasteiger partial charge in [0.05, 0.1) is 23.3 Å². The number of benzene rings is 1. The van der Waals surface area contributed by atoms with Crippen LogP contribution in [-0.2, 0) is 13.1 Å². The van der Waals surface area contributed by atoms with Crippen LogP contribution in [-0.4, -0.2) is 41.3 Å². The van der Waals surface area contributed by atoms with Gasteiger partial charge in [0.2, 0.25) is 5.82 Å². The first-order valence-electron chi connectivity index (χ1n) is 8.76. The van der Waals surface area contributed by atoms with E-state index in [0.717, 1.165) is 28.7 Å². The second-order valence-electron chi connectivity index (χ2n) is 6.77. The Kier molecular flexibility index (Phi) is 4.41. The summed E-state index contributed by atoms with van der Waals surface area (Å²) in [6.07, 6.45) is 3.71. The summed E-state index contributed by atoms with van der Waals surface area (Å²) in [4.78, 5) is 15.8. The van der Waals surface area contributed by atoms with Crippen LogP contribution in [0, 0.1) is 5.92 Å². The molecular weight excluding hydrogens is 344 g/mol. The molecule has 9 nitrogen and oxygen atoms in total. The van der Waals surface area contributed by atoms with Gasteiger partial charge in [0.15, 0.2) is 0 Å². The molecule has 9 heteroatoms. The Morgan fingerprint density at radius 1 is 1.30 bits per heavy atom. The summed E-state index contributed by atoms with van der Waals surface area (Å²) in [7, 11) is 0. The Bertz CT molecular complexity index is 1060. The van der Waals surface area contributed by atoms with Crippen molar-refractivity contribution in [2.45, 2.75) is 26.9 Å². The molecule has 0 atom stereocenters. The maximum Gasteiger partial charge on any atom is 0.253 e. The highest BCUT2D eigenvalue weighted by Gasteiger charge is 2.16. The Balaban J connectivity index is 1.52. The van der Waals surface area contributed by atoms with E-state index >= 15 is 0 Å². The van der Waals surface area contributed by atoms with E-state index in [1.165, 1.54) is 0 Å². The van der Waals surface area contributed by atoms with Gasteiger partial charge in [-0.2, -0.15) is 10.3 Å². The summed E-state index contributed by atoms with van der Waals surface area (Å²) in [5, 5.41) is 22.3. The van der Waals surface area contributed by atoms with Crippen molar-refractivity contribution in [1.82, 2.24) is 40.7 Å². The van der Waals surface area contributed by atoms with E-state index < -0.39 is 0 Å². The molecule has 4 rings (SSSR count). The molecule has 0 aliphatic heterocycles. The number of rotatable bonds is 6. The average Bonchev–Trinajstić information content (AvgIpc) is 3.38. The number of carbonyl (C=O) groups excluding carboxylic acids is 1. The van der Waals surface area contributed by atoms with Gasteiger partial charge in [-0.3, -0.25) is 9.48 Å². The summed E-state index contributed by atoms with van der Waals surface area (Å²) in [5.74, 6) is 0.834. The molecule has 27 heavy (non-hydrogen) atoms. The van der Waals surface area contributed by atoms with E-state index in [1.54, 1.807) is 12.3 Å². The summed E-state index contributed by atoms with van der Waals surface area (Å²) in [6, 6.07) is 7.46. The molecular formula is C18H20N8O. The first-order chi connectivity index (χ1) is 13.1. The van der Waals surface area contributed by atoms with Crippen molar-refractivity contribution in [3.05, 3.63) is 47.9 Å². The Labute approximate surface area is 155 Å². The molecule has 0 radical (unpaired) electrons. The number of H-pyrrole nitrogens is 2.